The first-order chi connectivity index (χ1) is 15.9. The van der Waals surface area contributed by atoms with E-state index in [2.05, 4.69) is 40.2 Å². The van der Waals surface area contributed by atoms with Crippen LogP contribution in [-0.4, -0.2) is 48.3 Å². The van der Waals surface area contributed by atoms with Crippen LogP contribution in [0.15, 0.2) is 59.8 Å². The Kier molecular flexibility index (Phi) is 6.95. The first-order valence-corrected chi connectivity index (χ1v) is 12.9. The summed E-state index contributed by atoms with van der Waals surface area (Å²) < 4.78 is 27.9. The van der Waals surface area contributed by atoms with E-state index in [9.17, 15) is 13.2 Å². The Labute approximate surface area is 195 Å². The fourth-order valence-corrected chi connectivity index (χ4v) is 5.51. The van der Waals surface area contributed by atoms with Crippen LogP contribution >= 0.6 is 0 Å². The molecular weight excluding hydrogens is 436 g/mol. The molecule has 0 bridgehead atoms. The summed E-state index contributed by atoms with van der Waals surface area (Å²) in [5, 5.41) is 5.26. The van der Waals surface area contributed by atoms with Gasteiger partial charge in [0.15, 0.2) is 0 Å². The summed E-state index contributed by atoms with van der Waals surface area (Å²) in [4.78, 5) is 12.6. The quantitative estimate of drug-likeness (QED) is 0.427. The predicted octanol–water partition coefficient (Wildman–Crippen LogP) is 3.51. The van der Waals surface area contributed by atoms with Gasteiger partial charge in [0.1, 0.15) is 0 Å². The van der Waals surface area contributed by atoms with Gasteiger partial charge in [0.25, 0.3) is 0 Å². The third-order valence-corrected chi connectivity index (χ3v) is 8.16. The highest BCUT2D eigenvalue weighted by molar-refractivity contribution is 7.89. The van der Waals surface area contributed by atoms with E-state index in [1.807, 2.05) is 36.5 Å². The van der Waals surface area contributed by atoms with Crippen LogP contribution in [0.1, 0.15) is 36.5 Å². The summed E-state index contributed by atoms with van der Waals surface area (Å²) in [5.41, 5.74) is 7.13. The second kappa shape index (κ2) is 9.89. The normalized spacial score (nSPS) is 17.6. The lowest BCUT2D eigenvalue weighted by atomic mass is 9.99. The van der Waals surface area contributed by atoms with Gasteiger partial charge in [-0.2, -0.15) is 5.10 Å². The van der Waals surface area contributed by atoms with Crippen LogP contribution in [0.4, 0.5) is 0 Å². The van der Waals surface area contributed by atoms with Gasteiger partial charge in [0, 0.05) is 42.3 Å². The van der Waals surface area contributed by atoms with Crippen molar-refractivity contribution in [3.8, 4) is 0 Å². The molecule has 0 aliphatic carbocycles. The summed E-state index contributed by atoms with van der Waals surface area (Å²) >= 11 is 0. The van der Waals surface area contributed by atoms with Crippen LogP contribution in [-0.2, 0) is 21.4 Å². The molecule has 33 heavy (non-hydrogen) atoms. The maximum absolute atomic E-state index is 12.6. The van der Waals surface area contributed by atoms with Crippen LogP contribution in [0, 0.1) is 12.8 Å². The Morgan fingerprint density at radius 3 is 2.73 bits per heavy atom. The minimum atomic E-state index is -3.29. The van der Waals surface area contributed by atoms with Gasteiger partial charge >= 0.3 is 0 Å². The zero-order valence-corrected chi connectivity index (χ0v) is 19.9. The topological polar surface area (TPSA) is 83.8 Å². The lowest BCUT2D eigenvalue weighted by Gasteiger charge is -2.30. The molecule has 1 N–H and O–H groups in total. The molecule has 8 heteroatoms. The van der Waals surface area contributed by atoms with E-state index in [0.717, 1.165) is 23.0 Å². The number of rotatable bonds is 7. The molecule has 1 fully saturated rings. The van der Waals surface area contributed by atoms with Gasteiger partial charge in [-0.25, -0.2) is 18.1 Å². The molecule has 7 nitrogen and oxygen atoms in total. The van der Waals surface area contributed by atoms with Gasteiger partial charge in [-0.15, -0.1) is 0 Å². The van der Waals surface area contributed by atoms with E-state index >= 15 is 0 Å². The molecule has 0 radical (unpaired) electrons. The molecule has 174 valence electrons. The lowest BCUT2D eigenvalue weighted by molar-refractivity contribution is -0.126. The number of sulfonamides is 1. The van der Waals surface area contributed by atoms with Crippen molar-refractivity contribution in [3.05, 3.63) is 71.4 Å². The second-order valence-electron chi connectivity index (χ2n) is 8.49. The van der Waals surface area contributed by atoms with Crippen molar-refractivity contribution >= 4 is 33.0 Å². The van der Waals surface area contributed by atoms with Crippen molar-refractivity contribution in [2.75, 3.05) is 18.8 Å². The number of aryl methyl sites for hydroxylation is 1. The summed E-state index contributed by atoms with van der Waals surface area (Å²) in [6.07, 6.45) is 5.04. The molecule has 2 aromatic carbocycles. The van der Waals surface area contributed by atoms with Crippen LogP contribution in [0.2, 0.25) is 0 Å². The number of nitrogens with one attached hydrogen (secondary N) is 1. The number of nitrogens with zero attached hydrogens (tertiary/aromatic N) is 3. The summed E-state index contributed by atoms with van der Waals surface area (Å²) in [6.45, 7) is 5.17. The Hall–Kier alpha value is -2.97. The number of fused-ring (bicyclic) bond motifs is 1. The molecule has 1 saturated heterocycles. The van der Waals surface area contributed by atoms with Crippen molar-refractivity contribution < 1.29 is 13.2 Å². The van der Waals surface area contributed by atoms with E-state index in [1.165, 1.54) is 15.4 Å². The Balaban J connectivity index is 1.48. The minimum Gasteiger partial charge on any atom is -0.342 e. The van der Waals surface area contributed by atoms with E-state index in [4.69, 9.17) is 0 Å². The van der Waals surface area contributed by atoms with Gasteiger partial charge in [0.2, 0.25) is 15.9 Å². The highest BCUT2D eigenvalue weighted by Crippen LogP contribution is 2.23. The van der Waals surface area contributed by atoms with Gasteiger partial charge in [0.05, 0.1) is 17.9 Å². The maximum atomic E-state index is 12.6. The van der Waals surface area contributed by atoms with Gasteiger partial charge in [-0.1, -0.05) is 42.5 Å². The Morgan fingerprint density at radius 1 is 1.18 bits per heavy atom. The molecule has 1 atom stereocenters. The van der Waals surface area contributed by atoms with Crippen LogP contribution < -0.4 is 5.43 Å². The van der Waals surface area contributed by atoms with E-state index in [-0.39, 0.29) is 24.1 Å². The van der Waals surface area contributed by atoms with Crippen LogP contribution in [0.25, 0.3) is 10.9 Å². The highest BCUT2D eigenvalue weighted by atomic mass is 32.2. The SMILES string of the molecule is CCS(=O)(=O)N1CCC[C@@H](C(=O)N/N=C\c2cn(Cc3ccccc3C)c3ccccc23)C1. The zero-order valence-electron chi connectivity index (χ0n) is 19.1. The van der Waals surface area contributed by atoms with Gasteiger partial charge < -0.3 is 4.57 Å². The van der Waals surface area contributed by atoms with Crippen LogP contribution in [0.5, 0.6) is 0 Å². The number of amides is 1. The Morgan fingerprint density at radius 2 is 1.94 bits per heavy atom. The van der Waals surface area contributed by atoms with Gasteiger partial charge in [-0.05, 0) is 43.9 Å². The summed E-state index contributed by atoms with van der Waals surface area (Å²) in [7, 11) is -3.29. The van der Waals surface area contributed by atoms with E-state index < -0.39 is 10.0 Å². The standard InChI is InChI=1S/C25H30N4O3S/c1-3-33(31,32)29-14-8-11-21(18-29)25(30)27-26-15-22-17-28(24-13-7-6-12-23(22)24)16-20-10-5-4-9-19(20)2/h4-7,9-10,12-13,15,17,21H,3,8,11,14,16,18H2,1-2H3,(H,27,30)/b26-15-/t21-/m1/s1. The monoisotopic (exact) mass is 466 g/mol. The first kappa shape index (κ1) is 23.2. The van der Waals surface area contributed by atoms with Crippen LogP contribution in [0.3, 0.4) is 0 Å². The Bertz CT molecular complexity index is 1280. The molecule has 2 heterocycles. The average Bonchev–Trinajstić information content (AvgIpc) is 3.18. The molecular formula is C25H30N4O3S. The van der Waals surface area contributed by atoms with Crippen molar-refractivity contribution in [2.24, 2.45) is 11.0 Å². The third kappa shape index (κ3) is 5.17. The number of carbonyl (C=O) groups is 1. The average molecular weight is 467 g/mol. The first-order valence-electron chi connectivity index (χ1n) is 11.3. The number of benzene rings is 2. The maximum Gasteiger partial charge on any atom is 0.244 e. The molecule has 1 aliphatic rings. The number of carbonyl (C=O) groups excluding carboxylic acids is 1. The largest absolute Gasteiger partial charge is 0.342 e. The fourth-order valence-electron chi connectivity index (χ4n) is 4.33. The number of hydrazone groups is 1. The summed E-state index contributed by atoms with van der Waals surface area (Å²) in [6, 6.07) is 16.4. The fraction of sp³-hybridized carbons (Fsp3) is 0.360. The van der Waals surface area contributed by atoms with E-state index in [0.29, 0.717) is 19.4 Å². The highest BCUT2D eigenvalue weighted by Gasteiger charge is 2.31. The molecule has 3 aromatic rings. The zero-order chi connectivity index (χ0) is 23.4. The number of piperidine rings is 1. The number of para-hydroxylation sites is 1. The smallest absolute Gasteiger partial charge is 0.244 e. The summed E-state index contributed by atoms with van der Waals surface area (Å²) in [5.74, 6) is -0.586. The molecule has 4 rings (SSSR count). The number of hydrogen-bond acceptors (Lipinski definition) is 4. The van der Waals surface area contributed by atoms with Crippen molar-refractivity contribution in [3.63, 3.8) is 0 Å². The van der Waals surface area contributed by atoms with Gasteiger partial charge in [-0.3, -0.25) is 4.79 Å². The number of aromatic nitrogens is 1. The van der Waals surface area contributed by atoms with Crippen molar-refractivity contribution in [1.82, 2.24) is 14.3 Å². The predicted molar refractivity (Wildman–Crippen MR) is 132 cm³/mol. The molecule has 0 spiro atoms. The molecule has 1 amide bonds. The second-order valence-corrected chi connectivity index (χ2v) is 10.7. The minimum absolute atomic E-state index is 0.0477. The molecule has 1 aliphatic heterocycles. The third-order valence-electron chi connectivity index (χ3n) is 6.31. The molecule has 0 saturated carbocycles. The number of hydrogen-bond donors (Lipinski definition) is 1. The lowest BCUT2D eigenvalue weighted by Crippen LogP contribution is -2.45. The van der Waals surface area contributed by atoms with E-state index in [1.54, 1.807) is 13.1 Å². The molecule has 1 aromatic heterocycles. The molecule has 0 unspecified atom stereocenters. The van der Waals surface area contributed by atoms with Crippen molar-refractivity contribution in [1.29, 1.82) is 0 Å². The van der Waals surface area contributed by atoms with Crippen molar-refractivity contribution in [2.45, 2.75) is 33.2 Å².